The lowest BCUT2D eigenvalue weighted by Gasteiger charge is -2.55. The Hall–Kier alpha value is -1.88. The number of nitrogens with one attached hydrogen (secondary N) is 2. The summed E-state index contributed by atoms with van der Waals surface area (Å²) in [7, 11) is 0. The third-order valence-electron chi connectivity index (χ3n) is 7.70. The molecule has 1 aromatic carbocycles. The molecule has 1 heterocycles. The van der Waals surface area contributed by atoms with Crippen LogP contribution in [0, 0.1) is 23.2 Å². The minimum atomic E-state index is -0.100. The summed E-state index contributed by atoms with van der Waals surface area (Å²) >= 11 is 0. The normalized spacial score (nSPS) is 34.9. The highest BCUT2D eigenvalue weighted by Crippen LogP contribution is 2.60. The predicted molar refractivity (Wildman–Crippen MR) is 110 cm³/mol. The highest BCUT2D eigenvalue weighted by Gasteiger charge is 2.54. The molecular formula is C24H32N2O3. The van der Waals surface area contributed by atoms with E-state index in [-0.39, 0.29) is 23.3 Å². The van der Waals surface area contributed by atoms with Gasteiger partial charge in [0.15, 0.2) is 0 Å². The molecule has 0 spiro atoms. The molecule has 1 unspecified atom stereocenters. The number of carbonyl (C=O) groups excluding carboxylic acids is 2. The Labute approximate surface area is 173 Å². The zero-order chi connectivity index (χ0) is 19.8. The van der Waals surface area contributed by atoms with E-state index in [9.17, 15) is 9.59 Å². The van der Waals surface area contributed by atoms with Crippen LogP contribution in [-0.2, 0) is 16.1 Å². The number of benzene rings is 1. The first kappa shape index (κ1) is 19.1. The molecule has 6 rings (SSSR count). The molecule has 5 fully saturated rings. The number of rotatable bonds is 6. The van der Waals surface area contributed by atoms with Crippen molar-refractivity contribution >= 4 is 11.8 Å². The maximum Gasteiger partial charge on any atom is 0.251 e. The number of carbonyl (C=O) groups is 2. The molecule has 4 aliphatic carbocycles. The second-order valence-corrected chi connectivity index (χ2v) is 9.92. The average Bonchev–Trinajstić information content (AvgIpc) is 3.23. The van der Waals surface area contributed by atoms with Gasteiger partial charge in [0.05, 0.1) is 6.10 Å². The van der Waals surface area contributed by atoms with Gasteiger partial charge in [0, 0.05) is 30.7 Å². The molecule has 4 saturated carbocycles. The van der Waals surface area contributed by atoms with E-state index in [1.165, 1.54) is 19.3 Å². The number of ether oxygens (including phenoxy) is 1. The van der Waals surface area contributed by atoms with Crippen LogP contribution in [0.15, 0.2) is 24.3 Å². The van der Waals surface area contributed by atoms with Crippen molar-refractivity contribution in [1.82, 2.24) is 10.6 Å². The van der Waals surface area contributed by atoms with Crippen molar-refractivity contribution < 1.29 is 14.3 Å². The summed E-state index contributed by atoms with van der Waals surface area (Å²) in [5, 5.41) is 6.16. The van der Waals surface area contributed by atoms with Gasteiger partial charge in [-0.25, -0.2) is 0 Å². The molecule has 5 heteroatoms. The van der Waals surface area contributed by atoms with Crippen LogP contribution in [0.3, 0.4) is 0 Å². The highest BCUT2D eigenvalue weighted by molar-refractivity contribution is 5.94. The number of hydrogen-bond donors (Lipinski definition) is 2. The lowest BCUT2D eigenvalue weighted by Crippen LogP contribution is -2.53. The van der Waals surface area contributed by atoms with Gasteiger partial charge in [-0.2, -0.15) is 0 Å². The summed E-state index contributed by atoms with van der Waals surface area (Å²) in [5.74, 6) is 2.53. The van der Waals surface area contributed by atoms with E-state index < -0.39 is 0 Å². The first-order chi connectivity index (χ1) is 14.1. The molecule has 1 atom stereocenters. The van der Waals surface area contributed by atoms with E-state index in [1.807, 2.05) is 24.3 Å². The summed E-state index contributed by atoms with van der Waals surface area (Å²) in [4.78, 5) is 25.4. The van der Waals surface area contributed by atoms with Gasteiger partial charge in [-0.05, 0) is 86.8 Å². The van der Waals surface area contributed by atoms with Crippen LogP contribution in [0.5, 0.6) is 0 Å². The van der Waals surface area contributed by atoms with Gasteiger partial charge in [0.1, 0.15) is 0 Å². The van der Waals surface area contributed by atoms with Crippen LogP contribution >= 0.6 is 0 Å². The number of amides is 2. The van der Waals surface area contributed by atoms with E-state index >= 15 is 0 Å². The Morgan fingerprint density at radius 1 is 0.966 bits per heavy atom. The Morgan fingerprint density at radius 3 is 2.21 bits per heavy atom. The van der Waals surface area contributed by atoms with Gasteiger partial charge >= 0.3 is 0 Å². The van der Waals surface area contributed by atoms with Crippen LogP contribution in [0.2, 0.25) is 0 Å². The van der Waals surface area contributed by atoms with Crippen molar-refractivity contribution in [2.45, 2.75) is 64.0 Å². The van der Waals surface area contributed by atoms with E-state index in [4.69, 9.17) is 4.74 Å². The van der Waals surface area contributed by atoms with E-state index in [0.717, 1.165) is 62.0 Å². The maximum absolute atomic E-state index is 13.1. The quantitative estimate of drug-likeness (QED) is 0.774. The van der Waals surface area contributed by atoms with Gasteiger partial charge in [0.25, 0.3) is 5.91 Å². The van der Waals surface area contributed by atoms with Crippen LogP contribution < -0.4 is 10.6 Å². The summed E-state index contributed by atoms with van der Waals surface area (Å²) < 4.78 is 5.55. The lowest BCUT2D eigenvalue weighted by atomic mass is 9.49. The van der Waals surface area contributed by atoms with E-state index in [2.05, 4.69) is 10.6 Å². The fourth-order valence-electron chi connectivity index (χ4n) is 6.65. The summed E-state index contributed by atoms with van der Waals surface area (Å²) in [6.07, 6.45) is 9.57. The smallest absolute Gasteiger partial charge is 0.251 e. The predicted octanol–water partition coefficient (Wildman–Crippen LogP) is 3.43. The molecular weight excluding hydrogens is 364 g/mol. The third kappa shape index (κ3) is 3.94. The molecule has 2 N–H and O–H groups in total. The van der Waals surface area contributed by atoms with Crippen LogP contribution in [0.25, 0.3) is 0 Å². The zero-order valence-corrected chi connectivity index (χ0v) is 17.1. The monoisotopic (exact) mass is 396 g/mol. The van der Waals surface area contributed by atoms with Crippen LogP contribution in [0.4, 0.5) is 0 Å². The standard InChI is InChI=1S/C24H32N2O3/c27-22(25-15-21-2-1-7-29-21)20-5-3-16(4-6-20)14-26-23(28)24-11-17-8-18(12-24)10-19(9-17)13-24/h3-6,17-19,21H,1-2,7-15H2,(H,25,27)(H,26,28). The largest absolute Gasteiger partial charge is 0.376 e. The molecule has 1 saturated heterocycles. The third-order valence-corrected chi connectivity index (χ3v) is 7.70. The molecule has 1 aliphatic heterocycles. The Bertz CT molecular complexity index is 732. The lowest BCUT2D eigenvalue weighted by molar-refractivity contribution is -0.146. The number of hydrogen-bond acceptors (Lipinski definition) is 3. The van der Waals surface area contributed by atoms with Crippen molar-refractivity contribution in [3.05, 3.63) is 35.4 Å². The Balaban J connectivity index is 1.13. The Morgan fingerprint density at radius 2 is 1.62 bits per heavy atom. The first-order valence-corrected chi connectivity index (χ1v) is 11.4. The van der Waals surface area contributed by atoms with Crippen molar-refractivity contribution in [3.63, 3.8) is 0 Å². The van der Waals surface area contributed by atoms with Crippen molar-refractivity contribution in [2.24, 2.45) is 23.2 Å². The minimum absolute atomic E-state index is 0.0651. The van der Waals surface area contributed by atoms with Crippen molar-refractivity contribution in [3.8, 4) is 0 Å². The molecule has 5 nitrogen and oxygen atoms in total. The van der Waals surface area contributed by atoms with Gasteiger partial charge in [-0.1, -0.05) is 12.1 Å². The molecule has 5 aliphatic rings. The van der Waals surface area contributed by atoms with E-state index in [0.29, 0.717) is 18.7 Å². The van der Waals surface area contributed by atoms with Gasteiger partial charge in [-0.3, -0.25) is 9.59 Å². The zero-order valence-electron chi connectivity index (χ0n) is 17.1. The van der Waals surface area contributed by atoms with Crippen LogP contribution in [-0.4, -0.2) is 31.1 Å². The van der Waals surface area contributed by atoms with Gasteiger partial charge < -0.3 is 15.4 Å². The van der Waals surface area contributed by atoms with Crippen molar-refractivity contribution in [2.75, 3.05) is 13.2 Å². The topological polar surface area (TPSA) is 67.4 Å². The maximum atomic E-state index is 13.1. The van der Waals surface area contributed by atoms with E-state index in [1.54, 1.807) is 0 Å². The summed E-state index contributed by atoms with van der Waals surface area (Å²) in [6, 6.07) is 7.58. The molecule has 4 bridgehead atoms. The van der Waals surface area contributed by atoms with Crippen LogP contribution in [0.1, 0.15) is 67.3 Å². The van der Waals surface area contributed by atoms with Gasteiger partial charge in [-0.15, -0.1) is 0 Å². The van der Waals surface area contributed by atoms with Crippen molar-refractivity contribution in [1.29, 1.82) is 0 Å². The first-order valence-electron chi connectivity index (χ1n) is 11.4. The molecule has 2 amide bonds. The fraction of sp³-hybridized carbons (Fsp3) is 0.667. The molecule has 0 aromatic heterocycles. The summed E-state index contributed by atoms with van der Waals surface area (Å²) in [6.45, 7) is 1.91. The molecule has 1 aromatic rings. The Kier molecular flexibility index (Phi) is 5.10. The second-order valence-electron chi connectivity index (χ2n) is 9.92. The molecule has 156 valence electrons. The average molecular weight is 397 g/mol. The second kappa shape index (κ2) is 7.75. The van der Waals surface area contributed by atoms with Gasteiger partial charge in [0.2, 0.25) is 5.91 Å². The molecule has 29 heavy (non-hydrogen) atoms. The fourth-order valence-corrected chi connectivity index (χ4v) is 6.65. The molecule has 0 radical (unpaired) electrons. The minimum Gasteiger partial charge on any atom is -0.376 e. The SMILES string of the molecule is O=C(NCC1CCCO1)c1ccc(CNC(=O)C23CC4CC(CC(C4)C2)C3)cc1. The highest BCUT2D eigenvalue weighted by atomic mass is 16.5. The summed E-state index contributed by atoms with van der Waals surface area (Å²) in [5.41, 5.74) is 1.59.